The second kappa shape index (κ2) is 7.31. The average molecular weight is 319 g/mol. The van der Waals surface area contributed by atoms with Gasteiger partial charge >= 0.3 is 0 Å². The SMILES string of the molecule is COc1cc(CO)ccc1S(=O)(=O)N(C)C(C)CSC. The summed E-state index contributed by atoms with van der Waals surface area (Å²) in [6, 6.07) is 4.49. The molecule has 0 aliphatic carbocycles. The van der Waals surface area contributed by atoms with Gasteiger partial charge in [0.15, 0.2) is 0 Å². The first kappa shape index (κ1) is 17.3. The van der Waals surface area contributed by atoms with Gasteiger partial charge in [0, 0.05) is 18.8 Å². The van der Waals surface area contributed by atoms with Gasteiger partial charge in [-0.25, -0.2) is 8.42 Å². The summed E-state index contributed by atoms with van der Waals surface area (Å²) in [5.41, 5.74) is 0.612. The summed E-state index contributed by atoms with van der Waals surface area (Å²) in [5.74, 6) is 0.965. The van der Waals surface area contributed by atoms with Gasteiger partial charge in [-0.05, 0) is 30.9 Å². The summed E-state index contributed by atoms with van der Waals surface area (Å²) in [4.78, 5) is 0.118. The molecule has 1 aromatic carbocycles. The third kappa shape index (κ3) is 3.66. The molecule has 1 unspecified atom stereocenters. The van der Waals surface area contributed by atoms with E-state index in [0.29, 0.717) is 11.3 Å². The molecule has 1 aromatic rings. The van der Waals surface area contributed by atoms with Gasteiger partial charge in [0.05, 0.1) is 13.7 Å². The Morgan fingerprint density at radius 2 is 2.10 bits per heavy atom. The summed E-state index contributed by atoms with van der Waals surface area (Å²) in [5, 5.41) is 9.10. The van der Waals surface area contributed by atoms with Gasteiger partial charge in [-0.15, -0.1) is 0 Å². The second-order valence-electron chi connectivity index (χ2n) is 4.47. The molecule has 0 bridgehead atoms. The Morgan fingerprint density at radius 1 is 1.45 bits per heavy atom. The van der Waals surface area contributed by atoms with E-state index in [1.54, 1.807) is 30.9 Å². The smallest absolute Gasteiger partial charge is 0.246 e. The highest BCUT2D eigenvalue weighted by atomic mass is 32.2. The van der Waals surface area contributed by atoms with E-state index in [1.165, 1.54) is 17.5 Å². The molecule has 0 heterocycles. The normalized spacial score (nSPS) is 13.5. The third-order valence-electron chi connectivity index (χ3n) is 3.10. The zero-order valence-corrected chi connectivity index (χ0v) is 13.8. The van der Waals surface area contributed by atoms with Gasteiger partial charge in [-0.2, -0.15) is 16.1 Å². The van der Waals surface area contributed by atoms with Crippen LogP contribution < -0.4 is 4.74 Å². The second-order valence-corrected chi connectivity index (χ2v) is 7.35. The molecule has 20 heavy (non-hydrogen) atoms. The standard InChI is InChI=1S/C13H21NO4S2/c1-10(9-19-4)14(2)20(16,17)13-6-5-11(8-15)7-12(13)18-3/h5-7,10,15H,8-9H2,1-4H3. The molecule has 0 aliphatic rings. The predicted octanol–water partition coefficient (Wildman–Crippen LogP) is 1.56. The lowest BCUT2D eigenvalue weighted by molar-refractivity contribution is 0.280. The predicted molar refractivity (Wildman–Crippen MR) is 81.7 cm³/mol. The Kier molecular flexibility index (Phi) is 6.32. The van der Waals surface area contributed by atoms with E-state index in [9.17, 15) is 8.42 Å². The molecule has 0 saturated heterocycles. The van der Waals surface area contributed by atoms with Crippen LogP contribution in [0, 0.1) is 0 Å². The van der Waals surface area contributed by atoms with Crippen molar-refractivity contribution in [2.45, 2.75) is 24.5 Å². The summed E-state index contributed by atoms with van der Waals surface area (Å²) in [6.45, 7) is 1.71. The van der Waals surface area contributed by atoms with Crippen LogP contribution in [0.15, 0.2) is 23.1 Å². The van der Waals surface area contributed by atoms with Crippen LogP contribution >= 0.6 is 11.8 Å². The van der Waals surface area contributed by atoms with Gasteiger partial charge in [-0.3, -0.25) is 0 Å². The number of benzene rings is 1. The minimum absolute atomic E-state index is 0.114. The van der Waals surface area contributed by atoms with E-state index in [-0.39, 0.29) is 23.3 Å². The van der Waals surface area contributed by atoms with E-state index in [1.807, 2.05) is 13.2 Å². The van der Waals surface area contributed by atoms with Gasteiger partial charge in [0.2, 0.25) is 10.0 Å². The molecule has 1 rings (SSSR count). The van der Waals surface area contributed by atoms with Crippen LogP contribution in [0.2, 0.25) is 0 Å². The van der Waals surface area contributed by atoms with Gasteiger partial charge in [-0.1, -0.05) is 6.07 Å². The Morgan fingerprint density at radius 3 is 2.60 bits per heavy atom. The first-order valence-electron chi connectivity index (χ1n) is 6.13. The molecule has 114 valence electrons. The number of rotatable bonds is 7. The van der Waals surface area contributed by atoms with Crippen molar-refractivity contribution in [3.8, 4) is 5.75 Å². The van der Waals surface area contributed by atoms with Gasteiger partial charge in [0.25, 0.3) is 0 Å². The van der Waals surface area contributed by atoms with E-state index in [0.717, 1.165) is 0 Å². The molecule has 0 amide bonds. The van der Waals surface area contributed by atoms with E-state index < -0.39 is 10.0 Å². The number of hydrogen-bond donors (Lipinski definition) is 1. The van der Waals surface area contributed by atoms with Crippen molar-refractivity contribution in [3.63, 3.8) is 0 Å². The molecule has 1 N–H and O–H groups in total. The molecule has 0 radical (unpaired) electrons. The number of methoxy groups -OCH3 is 1. The molecule has 0 saturated carbocycles. The molecule has 0 spiro atoms. The number of thioether (sulfide) groups is 1. The maximum absolute atomic E-state index is 12.6. The van der Waals surface area contributed by atoms with Gasteiger partial charge in [0.1, 0.15) is 10.6 Å². The zero-order valence-electron chi connectivity index (χ0n) is 12.2. The Hall–Kier alpha value is -0.760. The summed E-state index contributed by atoms with van der Waals surface area (Å²) >= 11 is 1.59. The van der Waals surface area contributed by atoms with Crippen molar-refractivity contribution >= 4 is 21.8 Å². The van der Waals surface area contributed by atoms with Crippen molar-refractivity contribution in [2.24, 2.45) is 0 Å². The van der Waals surface area contributed by atoms with Crippen molar-refractivity contribution in [3.05, 3.63) is 23.8 Å². The van der Waals surface area contributed by atoms with Crippen molar-refractivity contribution in [2.75, 3.05) is 26.2 Å². The Bertz CT molecular complexity index is 545. The highest BCUT2D eigenvalue weighted by molar-refractivity contribution is 7.98. The largest absolute Gasteiger partial charge is 0.495 e. The molecule has 5 nitrogen and oxygen atoms in total. The number of sulfonamides is 1. The molecule has 0 aromatic heterocycles. The number of aliphatic hydroxyl groups is 1. The molecular formula is C13H21NO4S2. The first-order chi connectivity index (χ1) is 9.38. The number of aliphatic hydroxyl groups excluding tert-OH is 1. The fourth-order valence-electron chi connectivity index (χ4n) is 1.76. The zero-order chi connectivity index (χ0) is 15.3. The van der Waals surface area contributed by atoms with Crippen LogP contribution in [0.5, 0.6) is 5.75 Å². The van der Waals surface area contributed by atoms with Crippen molar-refractivity contribution in [1.82, 2.24) is 4.31 Å². The third-order valence-corrected chi connectivity index (χ3v) is 5.92. The van der Waals surface area contributed by atoms with Crippen LogP contribution in [0.3, 0.4) is 0 Å². The summed E-state index contributed by atoms with van der Waals surface area (Å²) < 4.78 is 31.7. The van der Waals surface area contributed by atoms with E-state index in [4.69, 9.17) is 9.84 Å². The molecule has 1 atom stereocenters. The molecular weight excluding hydrogens is 298 g/mol. The van der Waals surface area contributed by atoms with Crippen LogP contribution in [0.4, 0.5) is 0 Å². The lowest BCUT2D eigenvalue weighted by Crippen LogP contribution is -2.36. The molecule has 0 aliphatic heterocycles. The lowest BCUT2D eigenvalue weighted by atomic mass is 10.2. The molecule has 0 fully saturated rings. The summed E-state index contributed by atoms with van der Waals surface area (Å²) in [6.07, 6.45) is 1.94. The maximum Gasteiger partial charge on any atom is 0.246 e. The number of nitrogens with zero attached hydrogens (tertiary/aromatic N) is 1. The van der Waals surface area contributed by atoms with E-state index >= 15 is 0 Å². The van der Waals surface area contributed by atoms with Crippen LogP contribution in [0.25, 0.3) is 0 Å². The average Bonchev–Trinajstić information content (AvgIpc) is 2.45. The van der Waals surface area contributed by atoms with Crippen LogP contribution in [0.1, 0.15) is 12.5 Å². The first-order valence-corrected chi connectivity index (χ1v) is 8.96. The Labute approximate surface area is 125 Å². The lowest BCUT2D eigenvalue weighted by Gasteiger charge is -2.24. The van der Waals surface area contributed by atoms with E-state index in [2.05, 4.69) is 0 Å². The Balaban J connectivity index is 3.21. The highest BCUT2D eigenvalue weighted by Crippen LogP contribution is 2.28. The van der Waals surface area contributed by atoms with Crippen molar-refractivity contribution in [1.29, 1.82) is 0 Å². The van der Waals surface area contributed by atoms with Crippen LogP contribution in [-0.4, -0.2) is 50.0 Å². The van der Waals surface area contributed by atoms with Crippen LogP contribution in [-0.2, 0) is 16.6 Å². The fourth-order valence-corrected chi connectivity index (χ4v) is 4.06. The highest BCUT2D eigenvalue weighted by Gasteiger charge is 2.28. The fraction of sp³-hybridized carbons (Fsp3) is 0.538. The topological polar surface area (TPSA) is 66.8 Å². The quantitative estimate of drug-likeness (QED) is 0.826. The molecule has 7 heteroatoms. The van der Waals surface area contributed by atoms with Crippen molar-refractivity contribution < 1.29 is 18.3 Å². The van der Waals surface area contributed by atoms with Gasteiger partial charge < -0.3 is 9.84 Å². The number of ether oxygens (including phenoxy) is 1. The summed E-state index contributed by atoms with van der Waals surface area (Å²) in [7, 11) is -0.632. The maximum atomic E-state index is 12.6. The number of hydrogen-bond acceptors (Lipinski definition) is 5. The minimum atomic E-state index is -3.61. The monoisotopic (exact) mass is 319 g/mol. The minimum Gasteiger partial charge on any atom is -0.495 e.